The third-order valence-corrected chi connectivity index (χ3v) is 1.02. The Labute approximate surface area is 58.9 Å². The summed E-state index contributed by atoms with van der Waals surface area (Å²) < 4.78 is 23.2. The number of hydrogen-bond acceptors (Lipinski definition) is 3. The van der Waals surface area contributed by atoms with Crippen LogP contribution >= 0.6 is 0 Å². The second-order valence-corrected chi connectivity index (χ2v) is 3.18. The predicted octanol–water partition coefficient (Wildman–Crippen LogP) is -1.38. The Balaban J connectivity index is 4.37. The van der Waals surface area contributed by atoms with Gasteiger partial charge >= 0.3 is 0 Å². The molecule has 0 aliphatic rings. The lowest BCUT2D eigenvalue weighted by Gasteiger charge is -1.99. The van der Waals surface area contributed by atoms with E-state index in [0.29, 0.717) is 0 Å². The SMILES string of the molecule is [C-]#[N+]CC([O-])=NS(C)(=O)=O. The average molecular weight is 161 g/mol. The van der Waals surface area contributed by atoms with Crippen LogP contribution in [0.5, 0.6) is 0 Å². The van der Waals surface area contributed by atoms with Crippen molar-refractivity contribution in [1.29, 1.82) is 0 Å². The van der Waals surface area contributed by atoms with Gasteiger partial charge in [0.15, 0.2) is 0 Å². The van der Waals surface area contributed by atoms with Crippen molar-refractivity contribution in [1.82, 2.24) is 0 Å². The number of rotatable bonds is 2. The van der Waals surface area contributed by atoms with Crippen molar-refractivity contribution < 1.29 is 13.5 Å². The molecule has 0 heterocycles. The molecule has 0 amide bonds. The zero-order valence-corrected chi connectivity index (χ0v) is 6.05. The summed E-state index contributed by atoms with van der Waals surface area (Å²) in [5, 5.41) is 10.3. The molecule has 0 fully saturated rings. The monoisotopic (exact) mass is 161 g/mol. The zero-order chi connectivity index (χ0) is 8.20. The van der Waals surface area contributed by atoms with E-state index < -0.39 is 22.5 Å². The lowest BCUT2D eigenvalue weighted by atomic mass is 10.7. The molecule has 0 rings (SSSR count). The van der Waals surface area contributed by atoms with Gasteiger partial charge in [0.1, 0.15) is 0 Å². The van der Waals surface area contributed by atoms with Crippen molar-refractivity contribution in [3.05, 3.63) is 11.4 Å². The fourth-order valence-corrected chi connectivity index (χ4v) is 0.709. The van der Waals surface area contributed by atoms with E-state index in [0.717, 1.165) is 6.26 Å². The van der Waals surface area contributed by atoms with Crippen LogP contribution in [0.15, 0.2) is 4.40 Å². The van der Waals surface area contributed by atoms with Crippen molar-refractivity contribution in [3.63, 3.8) is 0 Å². The van der Waals surface area contributed by atoms with Crippen LogP contribution in [0, 0.1) is 6.57 Å². The van der Waals surface area contributed by atoms with Crippen LogP contribution in [0.1, 0.15) is 0 Å². The first-order chi connectivity index (χ1) is 4.45. The molecule has 0 aromatic rings. The van der Waals surface area contributed by atoms with Gasteiger partial charge in [0.25, 0.3) is 0 Å². The van der Waals surface area contributed by atoms with Gasteiger partial charge in [-0.1, -0.05) is 0 Å². The Morgan fingerprint density at radius 3 is 2.60 bits per heavy atom. The summed E-state index contributed by atoms with van der Waals surface area (Å²) in [7, 11) is -3.61. The van der Waals surface area contributed by atoms with Crippen molar-refractivity contribution >= 4 is 15.9 Å². The van der Waals surface area contributed by atoms with Gasteiger partial charge in [0, 0.05) is 0 Å². The highest BCUT2D eigenvalue weighted by Crippen LogP contribution is 1.83. The second-order valence-electron chi connectivity index (χ2n) is 1.53. The lowest BCUT2D eigenvalue weighted by molar-refractivity contribution is -0.215. The first kappa shape index (κ1) is 8.91. The van der Waals surface area contributed by atoms with Crippen molar-refractivity contribution in [2.24, 2.45) is 4.40 Å². The molecule has 5 nitrogen and oxygen atoms in total. The maximum atomic E-state index is 10.3. The van der Waals surface area contributed by atoms with E-state index in [2.05, 4.69) is 9.24 Å². The Hall–Kier alpha value is -1.09. The summed E-state index contributed by atoms with van der Waals surface area (Å²) in [5.41, 5.74) is 0. The molecule has 0 unspecified atom stereocenters. The Morgan fingerprint density at radius 1 is 1.80 bits per heavy atom. The molecule has 10 heavy (non-hydrogen) atoms. The fraction of sp³-hybridized carbons (Fsp3) is 0.500. The van der Waals surface area contributed by atoms with Gasteiger partial charge in [-0.3, -0.25) is 0 Å². The van der Waals surface area contributed by atoms with Gasteiger partial charge in [-0.2, -0.15) is 4.40 Å². The molecule has 0 aliphatic heterocycles. The third kappa shape index (κ3) is 5.05. The summed E-state index contributed by atoms with van der Waals surface area (Å²) in [4.78, 5) is 2.66. The minimum atomic E-state index is -3.61. The highest BCUT2D eigenvalue weighted by atomic mass is 32.2. The summed E-state index contributed by atoms with van der Waals surface area (Å²) >= 11 is 0. The fourth-order valence-electron chi connectivity index (χ4n) is 0.281. The van der Waals surface area contributed by atoms with Gasteiger partial charge in [0.05, 0.1) is 12.2 Å². The summed E-state index contributed by atoms with van der Waals surface area (Å²) in [6.07, 6.45) is 0.800. The van der Waals surface area contributed by atoms with Crippen molar-refractivity contribution in [2.45, 2.75) is 0 Å². The van der Waals surface area contributed by atoms with Gasteiger partial charge in [-0.05, 0) is 0 Å². The second kappa shape index (κ2) is 3.17. The molecule has 0 N–H and O–H groups in total. The normalized spacial score (nSPS) is 12.6. The van der Waals surface area contributed by atoms with Crippen molar-refractivity contribution in [3.8, 4) is 0 Å². The maximum Gasteiger partial charge on any atom is 0.249 e. The Bertz CT molecular complexity index is 271. The first-order valence-electron chi connectivity index (χ1n) is 2.25. The topological polar surface area (TPSA) is 73.9 Å². The predicted molar refractivity (Wildman–Crippen MR) is 33.7 cm³/mol. The smallest absolute Gasteiger partial charge is 0.249 e. The van der Waals surface area contributed by atoms with E-state index in [1.807, 2.05) is 0 Å². The zero-order valence-electron chi connectivity index (χ0n) is 5.23. The molecule has 0 bridgehead atoms. The Morgan fingerprint density at radius 2 is 2.30 bits per heavy atom. The molecule has 0 aromatic carbocycles. The molecule has 0 aromatic heterocycles. The Kier molecular flexibility index (Phi) is 2.83. The van der Waals surface area contributed by atoms with Crippen molar-refractivity contribution in [2.75, 3.05) is 12.8 Å². The third-order valence-electron chi connectivity index (χ3n) is 0.482. The number of sulfonamides is 1. The highest BCUT2D eigenvalue weighted by molar-refractivity contribution is 7.89. The van der Waals surface area contributed by atoms with E-state index in [1.165, 1.54) is 0 Å². The summed E-state index contributed by atoms with van der Waals surface area (Å²) in [6.45, 7) is 5.68. The van der Waals surface area contributed by atoms with Crippen LogP contribution in [0.2, 0.25) is 0 Å². The first-order valence-corrected chi connectivity index (χ1v) is 4.09. The minimum Gasteiger partial charge on any atom is -0.856 e. The van der Waals surface area contributed by atoms with Crippen LogP contribution in [0.4, 0.5) is 0 Å². The van der Waals surface area contributed by atoms with Crippen LogP contribution in [-0.2, 0) is 10.0 Å². The van der Waals surface area contributed by atoms with E-state index in [4.69, 9.17) is 6.57 Å². The molecule has 6 heteroatoms. The standard InChI is InChI=1S/C4H6N2O3S/c1-5-3-4(7)6-10(2,8)9/h3H2,2H3,(H,6,7)/p-1. The van der Waals surface area contributed by atoms with Crippen LogP contribution < -0.4 is 5.11 Å². The van der Waals surface area contributed by atoms with E-state index in [1.54, 1.807) is 0 Å². The average Bonchev–Trinajstić information content (AvgIpc) is 1.59. The van der Waals surface area contributed by atoms with Gasteiger partial charge in [0.2, 0.25) is 16.6 Å². The van der Waals surface area contributed by atoms with Crippen LogP contribution in [0.25, 0.3) is 4.85 Å². The number of hydrogen-bond donors (Lipinski definition) is 0. The maximum absolute atomic E-state index is 10.3. The summed E-state index contributed by atoms with van der Waals surface area (Å²) in [6, 6.07) is 0. The van der Waals surface area contributed by atoms with Gasteiger partial charge in [-0.15, -0.1) is 0 Å². The minimum absolute atomic E-state index is 0.507. The van der Waals surface area contributed by atoms with E-state index in [-0.39, 0.29) is 0 Å². The number of nitrogens with zero attached hydrogens (tertiary/aromatic N) is 2. The highest BCUT2D eigenvalue weighted by Gasteiger charge is 1.95. The van der Waals surface area contributed by atoms with E-state index in [9.17, 15) is 13.5 Å². The molecular weight excluding hydrogens is 156 g/mol. The quantitative estimate of drug-likeness (QED) is 0.285. The molecule has 0 spiro atoms. The molecule has 0 aliphatic carbocycles. The van der Waals surface area contributed by atoms with Crippen LogP contribution in [0.3, 0.4) is 0 Å². The van der Waals surface area contributed by atoms with Gasteiger partial charge in [-0.25, -0.2) is 15.0 Å². The van der Waals surface area contributed by atoms with E-state index >= 15 is 0 Å². The molecule has 0 radical (unpaired) electrons. The molecule has 56 valence electrons. The molecular formula is C4H5N2O3S-. The molecule has 0 saturated heterocycles. The molecule has 0 saturated carbocycles. The van der Waals surface area contributed by atoms with Crippen LogP contribution in [-0.4, -0.2) is 27.1 Å². The largest absolute Gasteiger partial charge is 0.856 e. The summed E-state index contributed by atoms with van der Waals surface area (Å²) in [5.74, 6) is -0.919. The van der Waals surface area contributed by atoms with Gasteiger partial charge < -0.3 is 9.95 Å². The molecule has 0 atom stereocenters. The lowest BCUT2D eigenvalue weighted by Crippen LogP contribution is -2.21.